The summed E-state index contributed by atoms with van der Waals surface area (Å²) in [4.78, 5) is 24.3. The van der Waals surface area contributed by atoms with Gasteiger partial charge in [0.05, 0.1) is 23.6 Å². The van der Waals surface area contributed by atoms with Crippen molar-refractivity contribution in [1.29, 1.82) is 5.26 Å². The van der Waals surface area contributed by atoms with Crippen LogP contribution in [0.3, 0.4) is 0 Å². The van der Waals surface area contributed by atoms with Crippen LogP contribution in [0.25, 0.3) is 0 Å². The summed E-state index contributed by atoms with van der Waals surface area (Å²) in [6, 6.07) is 2.53. The van der Waals surface area contributed by atoms with Crippen LogP contribution in [0.5, 0.6) is 0 Å². The van der Waals surface area contributed by atoms with E-state index in [-0.39, 0.29) is 5.91 Å². The second-order valence-electron chi connectivity index (χ2n) is 8.25. The summed E-state index contributed by atoms with van der Waals surface area (Å²) in [6.07, 6.45) is 7.16. The zero-order valence-corrected chi connectivity index (χ0v) is 18.1. The first-order chi connectivity index (χ1) is 15.0. The van der Waals surface area contributed by atoms with E-state index in [1.54, 1.807) is 0 Å². The fourth-order valence-corrected chi connectivity index (χ4v) is 3.90. The third-order valence-electron chi connectivity index (χ3n) is 5.98. The van der Waals surface area contributed by atoms with Gasteiger partial charge in [-0.15, -0.1) is 0 Å². The van der Waals surface area contributed by atoms with Gasteiger partial charge in [0.25, 0.3) is 0 Å². The van der Waals surface area contributed by atoms with Crippen LogP contribution < -0.4 is 10.6 Å². The van der Waals surface area contributed by atoms with Gasteiger partial charge in [-0.2, -0.15) is 15.3 Å². The minimum absolute atomic E-state index is 0.211. The Morgan fingerprint density at radius 2 is 2.10 bits per heavy atom. The lowest BCUT2D eigenvalue weighted by atomic mass is 10.1. The molecule has 4 heterocycles. The zero-order valence-electron chi connectivity index (χ0n) is 18.1. The lowest BCUT2D eigenvalue weighted by Crippen LogP contribution is -2.44. The first-order valence-corrected chi connectivity index (χ1v) is 10.8. The molecule has 0 saturated carbocycles. The number of carbonyl (C=O) groups excluding carboxylic acids is 1. The van der Waals surface area contributed by atoms with Crippen molar-refractivity contribution >= 4 is 23.4 Å². The molecule has 0 bridgehead atoms. The van der Waals surface area contributed by atoms with Crippen LogP contribution in [0.15, 0.2) is 12.4 Å². The number of β-lactam (4-membered cyclic amide) rings is 1. The number of carbonyl (C=O) groups is 1. The van der Waals surface area contributed by atoms with Crippen LogP contribution >= 0.6 is 0 Å². The molecule has 2 aliphatic heterocycles. The highest BCUT2D eigenvalue weighted by Crippen LogP contribution is 2.26. The number of aromatic nitrogens is 4. The normalized spacial score (nSPS) is 17.3. The molecular weight excluding hydrogens is 394 g/mol. The molecule has 31 heavy (non-hydrogen) atoms. The summed E-state index contributed by atoms with van der Waals surface area (Å²) >= 11 is 0. The van der Waals surface area contributed by atoms with Gasteiger partial charge in [-0.3, -0.25) is 9.48 Å². The minimum atomic E-state index is 0.211. The molecule has 2 fully saturated rings. The predicted octanol–water partition coefficient (Wildman–Crippen LogP) is 1.90. The van der Waals surface area contributed by atoms with Gasteiger partial charge < -0.3 is 20.4 Å². The number of nitrogens with one attached hydrogen (secondary N) is 2. The Hall–Kier alpha value is -3.19. The molecule has 0 aromatic carbocycles. The lowest BCUT2D eigenvalue weighted by Gasteiger charge is -2.30. The Morgan fingerprint density at radius 3 is 2.77 bits per heavy atom. The quantitative estimate of drug-likeness (QED) is 0.489. The van der Waals surface area contributed by atoms with Crippen LogP contribution in [-0.4, -0.2) is 75.2 Å². The molecule has 10 heteroatoms. The van der Waals surface area contributed by atoms with Gasteiger partial charge in [0, 0.05) is 32.3 Å². The van der Waals surface area contributed by atoms with E-state index in [1.165, 1.54) is 6.20 Å². The number of hydrogen-bond donors (Lipinski definition) is 2. The number of amides is 1. The average molecular weight is 424 g/mol. The number of piperidine rings is 1. The lowest BCUT2D eigenvalue weighted by molar-refractivity contribution is -0.139. The Labute approximate surface area is 182 Å². The number of rotatable bonds is 8. The van der Waals surface area contributed by atoms with Crippen molar-refractivity contribution in [3.63, 3.8) is 0 Å². The fourth-order valence-electron chi connectivity index (χ4n) is 3.90. The van der Waals surface area contributed by atoms with E-state index in [1.807, 2.05) is 22.7 Å². The molecule has 0 radical (unpaired) electrons. The second kappa shape index (κ2) is 9.31. The van der Waals surface area contributed by atoms with E-state index in [0.29, 0.717) is 36.3 Å². The zero-order chi connectivity index (χ0) is 21.8. The van der Waals surface area contributed by atoms with E-state index in [0.717, 1.165) is 56.8 Å². The molecule has 0 unspecified atom stereocenters. The highest BCUT2D eigenvalue weighted by molar-refractivity contribution is 5.81. The molecule has 0 atom stereocenters. The number of hydrogen-bond acceptors (Lipinski definition) is 8. The fraction of sp³-hybridized carbons (Fsp3) is 0.571. The Kier molecular flexibility index (Phi) is 6.32. The molecule has 2 saturated heterocycles. The summed E-state index contributed by atoms with van der Waals surface area (Å²) in [5, 5.41) is 20.5. The summed E-state index contributed by atoms with van der Waals surface area (Å²) in [7, 11) is 2.15. The van der Waals surface area contributed by atoms with E-state index in [2.05, 4.69) is 43.7 Å². The van der Waals surface area contributed by atoms with Crippen LogP contribution in [0.2, 0.25) is 0 Å². The minimum Gasteiger partial charge on any atom is -0.369 e. The smallest absolute Gasteiger partial charge is 0.229 e. The Morgan fingerprint density at radius 1 is 1.29 bits per heavy atom. The van der Waals surface area contributed by atoms with Crippen LogP contribution in [-0.2, 0) is 4.79 Å². The number of anilines is 3. The maximum absolute atomic E-state index is 11.4. The molecule has 2 aliphatic rings. The number of aryl methyl sites for hydroxylation is 1. The van der Waals surface area contributed by atoms with Gasteiger partial charge in [-0.1, -0.05) is 0 Å². The Bertz CT molecular complexity index is 972. The van der Waals surface area contributed by atoms with Crippen molar-refractivity contribution in [2.24, 2.45) is 0 Å². The van der Waals surface area contributed by atoms with E-state index < -0.39 is 0 Å². The van der Waals surface area contributed by atoms with Crippen molar-refractivity contribution in [3.05, 3.63) is 23.7 Å². The molecule has 164 valence electrons. The summed E-state index contributed by atoms with van der Waals surface area (Å²) < 4.78 is 2.05. The van der Waals surface area contributed by atoms with Crippen molar-refractivity contribution in [3.8, 4) is 6.07 Å². The maximum atomic E-state index is 11.4. The molecule has 2 aromatic heterocycles. The van der Waals surface area contributed by atoms with Crippen LogP contribution in [0.1, 0.15) is 43.0 Å². The average Bonchev–Trinajstić information content (AvgIpc) is 3.13. The molecule has 0 spiro atoms. The van der Waals surface area contributed by atoms with E-state index >= 15 is 0 Å². The number of nitriles is 1. The number of likely N-dealkylation sites (tertiary alicyclic amines) is 2. The monoisotopic (exact) mass is 423 g/mol. The predicted molar refractivity (Wildman–Crippen MR) is 117 cm³/mol. The number of nitrogens with zero attached hydrogens (tertiary/aromatic N) is 7. The first-order valence-electron chi connectivity index (χ1n) is 10.8. The molecule has 1 amide bonds. The summed E-state index contributed by atoms with van der Waals surface area (Å²) in [6.45, 7) is 6.31. The van der Waals surface area contributed by atoms with Crippen molar-refractivity contribution in [1.82, 2.24) is 29.5 Å². The van der Waals surface area contributed by atoms with E-state index in [4.69, 9.17) is 0 Å². The van der Waals surface area contributed by atoms with Crippen LogP contribution in [0, 0.1) is 18.3 Å². The second-order valence-corrected chi connectivity index (χ2v) is 8.25. The van der Waals surface area contributed by atoms with Gasteiger partial charge in [-0.25, -0.2) is 4.98 Å². The van der Waals surface area contributed by atoms with Crippen LogP contribution in [0.4, 0.5) is 17.5 Å². The van der Waals surface area contributed by atoms with Gasteiger partial charge in [0.1, 0.15) is 17.5 Å². The molecule has 4 rings (SSSR count). The topological polar surface area (TPSA) is 115 Å². The molecule has 0 aliphatic carbocycles. The van der Waals surface area contributed by atoms with Crippen molar-refractivity contribution in [2.75, 3.05) is 50.4 Å². The van der Waals surface area contributed by atoms with Gasteiger partial charge in [0.2, 0.25) is 11.9 Å². The first kappa shape index (κ1) is 21.1. The SMILES string of the molecule is Cc1nn(C2CCN(C)CC2)cc1Nc1ncc(C#N)c(NCCCN2CCC2=O)n1. The van der Waals surface area contributed by atoms with Crippen molar-refractivity contribution in [2.45, 2.75) is 38.6 Å². The summed E-state index contributed by atoms with van der Waals surface area (Å²) in [5.41, 5.74) is 2.15. The highest BCUT2D eigenvalue weighted by atomic mass is 16.2. The maximum Gasteiger partial charge on any atom is 0.229 e. The third-order valence-corrected chi connectivity index (χ3v) is 5.98. The third kappa shape index (κ3) is 4.94. The molecular formula is C21H29N9O. The molecule has 2 N–H and O–H groups in total. The molecule has 2 aromatic rings. The van der Waals surface area contributed by atoms with Gasteiger partial charge in [-0.05, 0) is 46.3 Å². The van der Waals surface area contributed by atoms with Gasteiger partial charge in [0.15, 0.2) is 0 Å². The Balaban J connectivity index is 1.38. The van der Waals surface area contributed by atoms with E-state index in [9.17, 15) is 10.1 Å². The standard InChI is InChI=1S/C21H29N9O/c1-15-18(14-30(27-15)17-4-9-28(2)10-5-17)25-21-24-13-16(12-22)20(26-21)23-7-3-8-29-11-6-19(29)31/h13-14,17H,3-11H2,1-2H3,(H2,23,24,25,26). The largest absolute Gasteiger partial charge is 0.369 e. The van der Waals surface area contributed by atoms with Crippen molar-refractivity contribution < 1.29 is 4.79 Å². The molecule has 10 nitrogen and oxygen atoms in total. The van der Waals surface area contributed by atoms with Gasteiger partial charge >= 0.3 is 0 Å². The highest BCUT2D eigenvalue weighted by Gasteiger charge is 2.22. The summed E-state index contributed by atoms with van der Waals surface area (Å²) in [5.74, 6) is 1.13.